The fourth-order valence-electron chi connectivity index (χ4n) is 4.71. The highest BCUT2D eigenvalue weighted by Crippen LogP contribution is 2.39. The van der Waals surface area contributed by atoms with E-state index < -0.39 is 0 Å². The molecule has 0 saturated carbocycles. The molecule has 1 fully saturated rings. The average molecular weight is 507 g/mol. The number of hydrogen-bond acceptors (Lipinski definition) is 7. The van der Waals surface area contributed by atoms with E-state index in [2.05, 4.69) is 39.2 Å². The van der Waals surface area contributed by atoms with Crippen molar-refractivity contribution in [2.24, 2.45) is 0 Å². The number of anilines is 1. The lowest BCUT2D eigenvalue weighted by Crippen LogP contribution is -2.53. The number of nitrogens with zero attached hydrogens (tertiary/aromatic N) is 4. The van der Waals surface area contributed by atoms with Crippen LogP contribution in [0, 0.1) is 0 Å². The molecule has 0 aliphatic carbocycles. The van der Waals surface area contributed by atoms with Gasteiger partial charge < -0.3 is 15.1 Å². The molecule has 0 unspecified atom stereocenters. The quantitative estimate of drug-likeness (QED) is 0.421. The van der Waals surface area contributed by atoms with Crippen LogP contribution in [0.4, 0.5) is 5.69 Å². The van der Waals surface area contributed by atoms with Gasteiger partial charge >= 0.3 is 0 Å². The second-order valence-electron chi connectivity index (χ2n) is 8.29. The summed E-state index contributed by atoms with van der Waals surface area (Å²) in [5, 5.41) is 4.87. The molecule has 34 heavy (non-hydrogen) atoms. The number of amides is 2. The number of unbranched alkanes of at least 4 members (excludes halogenated alkanes) is 1. The highest BCUT2D eigenvalue weighted by atomic mass is 35.5. The highest BCUT2D eigenvalue weighted by molar-refractivity contribution is 7.99. The van der Waals surface area contributed by atoms with Crippen LogP contribution in [0.3, 0.4) is 0 Å². The first-order valence-corrected chi connectivity index (χ1v) is 12.2. The molecular weight excluding hydrogens is 476 g/mol. The minimum Gasteiger partial charge on any atom is -0.496 e. The molecule has 2 N–H and O–H groups in total. The summed E-state index contributed by atoms with van der Waals surface area (Å²) in [5.41, 5.74) is 2.17. The summed E-state index contributed by atoms with van der Waals surface area (Å²) in [6.45, 7) is 5.56. The fraction of sp³-hybridized carbons (Fsp3) is 0.417. The maximum Gasteiger partial charge on any atom is 0.265 e. The van der Waals surface area contributed by atoms with Crippen molar-refractivity contribution in [2.45, 2.75) is 17.7 Å². The molecule has 3 aliphatic rings. The largest absolute Gasteiger partial charge is 0.496 e. The first kappa shape index (κ1) is 26.3. The number of piperazine rings is 1. The molecule has 184 valence electrons. The average Bonchev–Trinajstić information content (AvgIpc) is 3.37. The SMILES string of the molecule is COc1cccc2c1C(=O)N(CCCCN1CCN(N3CSc4ccccc43)CC1)C2=O.Cl.O. The molecule has 0 bridgehead atoms. The summed E-state index contributed by atoms with van der Waals surface area (Å²) >= 11 is 1.90. The zero-order valence-corrected chi connectivity index (χ0v) is 20.9. The van der Waals surface area contributed by atoms with Crippen molar-refractivity contribution in [1.82, 2.24) is 14.8 Å². The van der Waals surface area contributed by atoms with E-state index in [0.717, 1.165) is 51.4 Å². The van der Waals surface area contributed by atoms with E-state index >= 15 is 0 Å². The number of carbonyl (C=O) groups is 2. The predicted octanol–water partition coefficient (Wildman–Crippen LogP) is 2.77. The van der Waals surface area contributed by atoms with Crippen LogP contribution in [-0.4, -0.2) is 84.4 Å². The number of fused-ring (bicyclic) bond motifs is 2. The molecule has 3 aliphatic heterocycles. The Labute approximate surface area is 210 Å². The van der Waals surface area contributed by atoms with Gasteiger partial charge in [0.25, 0.3) is 11.8 Å². The number of thioether (sulfide) groups is 1. The second-order valence-corrected chi connectivity index (χ2v) is 9.27. The van der Waals surface area contributed by atoms with Gasteiger partial charge in [-0.2, -0.15) is 0 Å². The summed E-state index contributed by atoms with van der Waals surface area (Å²) < 4.78 is 5.28. The third-order valence-corrected chi connectivity index (χ3v) is 7.49. The van der Waals surface area contributed by atoms with Crippen LogP contribution in [0.15, 0.2) is 47.4 Å². The number of hydrogen-bond donors (Lipinski definition) is 0. The van der Waals surface area contributed by atoms with E-state index in [9.17, 15) is 9.59 Å². The van der Waals surface area contributed by atoms with Crippen LogP contribution in [0.25, 0.3) is 0 Å². The Morgan fingerprint density at radius 3 is 2.41 bits per heavy atom. The maximum atomic E-state index is 12.7. The number of benzene rings is 2. The van der Waals surface area contributed by atoms with Crippen molar-refractivity contribution in [3.63, 3.8) is 0 Å². The standard InChI is InChI=1S/C24H28N4O3S.ClH.H2O/c1-31-20-9-6-7-18-22(20)24(30)27(23(18)29)12-5-4-11-25-13-15-26(16-14-25)28-17-32-21-10-3-2-8-19(21)28;;/h2-3,6-10H,4-5,11-17H2,1H3;1H;1H2. The third-order valence-electron chi connectivity index (χ3n) is 6.46. The zero-order chi connectivity index (χ0) is 22.1. The van der Waals surface area contributed by atoms with Crippen LogP contribution in [0.2, 0.25) is 0 Å². The van der Waals surface area contributed by atoms with Gasteiger partial charge in [-0.15, -0.1) is 24.2 Å². The van der Waals surface area contributed by atoms with E-state index in [-0.39, 0.29) is 29.7 Å². The Morgan fingerprint density at radius 1 is 0.912 bits per heavy atom. The zero-order valence-electron chi connectivity index (χ0n) is 19.2. The third kappa shape index (κ3) is 4.89. The smallest absolute Gasteiger partial charge is 0.265 e. The number of methoxy groups -OCH3 is 1. The number of para-hydroxylation sites is 1. The monoisotopic (exact) mass is 506 g/mol. The Bertz CT molecular complexity index is 1030. The van der Waals surface area contributed by atoms with Crippen LogP contribution in [0.1, 0.15) is 33.6 Å². The van der Waals surface area contributed by atoms with E-state index in [0.29, 0.717) is 23.4 Å². The van der Waals surface area contributed by atoms with Gasteiger partial charge in [-0.1, -0.05) is 18.2 Å². The first-order valence-electron chi connectivity index (χ1n) is 11.2. The molecular formula is C24H31ClN4O4S. The van der Waals surface area contributed by atoms with Crippen LogP contribution >= 0.6 is 24.2 Å². The molecule has 8 nitrogen and oxygen atoms in total. The van der Waals surface area contributed by atoms with Gasteiger partial charge in [-0.25, -0.2) is 5.01 Å². The number of hydrazine groups is 1. The molecule has 2 aromatic rings. The van der Waals surface area contributed by atoms with E-state index in [1.165, 1.54) is 22.6 Å². The van der Waals surface area contributed by atoms with Gasteiger partial charge in [-0.05, 0) is 43.7 Å². The Balaban J connectivity index is 0.00000162. The lowest BCUT2D eigenvalue weighted by molar-refractivity contribution is 0.0647. The number of rotatable bonds is 7. The number of imide groups is 1. The normalized spacial score (nSPS) is 17.8. The van der Waals surface area contributed by atoms with Crippen LogP contribution in [-0.2, 0) is 0 Å². The van der Waals surface area contributed by atoms with E-state index in [4.69, 9.17) is 4.74 Å². The van der Waals surface area contributed by atoms with Crippen LogP contribution < -0.4 is 9.75 Å². The summed E-state index contributed by atoms with van der Waals surface area (Å²) in [7, 11) is 1.52. The molecule has 10 heteroatoms. The summed E-state index contributed by atoms with van der Waals surface area (Å²) in [5.74, 6) is 1.02. The predicted molar refractivity (Wildman–Crippen MR) is 136 cm³/mol. The van der Waals surface area contributed by atoms with Gasteiger partial charge in [0.2, 0.25) is 0 Å². The second kappa shape index (κ2) is 11.4. The molecule has 3 heterocycles. The van der Waals surface area contributed by atoms with Gasteiger partial charge in [0, 0.05) is 37.6 Å². The number of halogens is 1. The van der Waals surface area contributed by atoms with Crippen molar-refractivity contribution in [3.8, 4) is 5.75 Å². The van der Waals surface area contributed by atoms with Gasteiger partial charge in [0.1, 0.15) is 5.75 Å². The van der Waals surface area contributed by atoms with E-state index in [1.807, 2.05) is 11.8 Å². The molecule has 5 rings (SSSR count). The molecule has 0 aromatic heterocycles. The minimum absolute atomic E-state index is 0. The summed E-state index contributed by atoms with van der Waals surface area (Å²) in [4.78, 5) is 30.6. The topological polar surface area (TPSA) is 87.8 Å². The van der Waals surface area contributed by atoms with E-state index in [1.54, 1.807) is 18.2 Å². The van der Waals surface area contributed by atoms with Crippen molar-refractivity contribution in [3.05, 3.63) is 53.6 Å². The van der Waals surface area contributed by atoms with Crippen molar-refractivity contribution in [1.29, 1.82) is 0 Å². The number of ether oxygens (including phenoxy) is 1. The maximum absolute atomic E-state index is 12.7. The molecule has 1 saturated heterocycles. The number of carbonyl (C=O) groups excluding carboxylic acids is 2. The summed E-state index contributed by atoms with van der Waals surface area (Å²) in [6, 6.07) is 13.8. The fourth-order valence-corrected chi connectivity index (χ4v) is 5.77. The molecule has 0 spiro atoms. The van der Waals surface area contributed by atoms with Crippen molar-refractivity contribution >= 4 is 41.7 Å². The Kier molecular flexibility index (Phi) is 8.83. The lowest BCUT2D eigenvalue weighted by Gasteiger charge is -2.40. The molecule has 2 aromatic carbocycles. The van der Waals surface area contributed by atoms with Gasteiger partial charge in [0.05, 0.1) is 29.8 Å². The molecule has 2 amide bonds. The van der Waals surface area contributed by atoms with Crippen LogP contribution in [0.5, 0.6) is 5.75 Å². The van der Waals surface area contributed by atoms with Gasteiger partial charge in [0.15, 0.2) is 0 Å². The first-order chi connectivity index (χ1) is 15.7. The van der Waals surface area contributed by atoms with Gasteiger partial charge in [-0.3, -0.25) is 19.5 Å². The molecule has 0 atom stereocenters. The minimum atomic E-state index is -0.236. The lowest BCUT2D eigenvalue weighted by atomic mass is 10.1. The highest BCUT2D eigenvalue weighted by Gasteiger charge is 2.37. The summed E-state index contributed by atoms with van der Waals surface area (Å²) in [6.07, 6.45) is 1.77. The van der Waals surface area contributed by atoms with Crippen molar-refractivity contribution < 1.29 is 19.8 Å². The van der Waals surface area contributed by atoms with Crippen molar-refractivity contribution in [2.75, 3.05) is 57.3 Å². The Morgan fingerprint density at radius 2 is 1.65 bits per heavy atom. The molecule has 0 radical (unpaired) electrons. The Hall–Kier alpha value is -2.30.